The molecule has 0 bridgehead atoms. The van der Waals surface area contributed by atoms with Gasteiger partial charge < -0.3 is 10.2 Å². The summed E-state index contributed by atoms with van der Waals surface area (Å²) in [7, 11) is 1.90. The van der Waals surface area contributed by atoms with Gasteiger partial charge in [0, 0.05) is 24.5 Å². The number of nitrogens with zero attached hydrogens (tertiary/aromatic N) is 4. The molecular weight excluding hydrogens is 370 g/mol. The number of piperidine rings is 1. The van der Waals surface area contributed by atoms with Crippen molar-refractivity contribution in [3.8, 4) is 6.07 Å². The Morgan fingerprint density at radius 1 is 1.25 bits per heavy atom. The number of rotatable bonds is 5. The molecule has 1 aromatic carbocycles. The second-order valence-corrected chi connectivity index (χ2v) is 8.21. The predicted octanol–water partition coefficient (Wildman–Crippen LogP) is 3.09. The van der Waals surface area contributed by atoms with Crippen molar-refractivity contribution in [3.05, 3.63) is 56.7 Å². The lowest BCUT2D eigenvalue weighted by Gasteiger charge is -2.29. The van der Waals surface area contributed by atoms with Crippen molar-refractivity contribution in [3.63, 3.8) is 0 Å². The summed E-state index contributed by atoms with van der Waals surface area (Å²) in [4.78, 5) is 21.6. The van der Waals surface area contributed by atoms with Crippen LogP contribution in [-0.4, -0.2) is 29.7 Å². The Balaban J connectivity index is 1.87. The van der Waals surface area contributed by atoms with Gasteiger partial charge in [0.05, 0.1) is 23.7 Å². The third kappa shape index (κ3) is 3.53. The van der Waals surface area contributed by atoms with E-state index in [0.29, 0.717) is 16.8 Å². The summed E-state index contributed by atoms with van der Waals surface area (Å²) in [5.74, 6) is 0.721. The van der Waals surface area contributed by atoms with Gasteiger partial charge in [0.2, 0.25) is 5.95 Å². The number of fused-ring (bicyclic) bond motifs is 1. The first-order valence-electron chi connectivity index (χ1n) is 9.62. The highest BCUT2D eigenvalue weighted by molar-refractivity contribution is 7.18. The molecule has 4 rings (SSSR count). The monoisotopic (exact) mass is 393 g/mol. The number of anilines is 1. The maximum Gasteiger partial charge on any atom is 0.273 e. The van der Waals surface area contributed by atoms with E-state index < -0.39 is 0 Å². The first-order valence-corrected chi connectivity index (χ1v) is 10.4. The molecule has 7 heteroatoms. The second kappa shape index (κ2) is 8.13. The van der Waals surface area contributed by atoms with E-state index in [1.807, 2.05) is 31.3 Å². The molecule has 0 saturated carbocycles. The Labute approximate surface area is 168 Å². The summed E-state index contributed by atoms with van der Waals surface area (Å²) in [6.07, 6.45) is 3.43. The number of hydrogen-bond acceptors (Lipinski definition) is 6. The zero-order valence-corrected chi connectivity index (χ0v) is 16.8. The fourth-order valence-corrected chi connectivity index (χ4v) is 4.78. The molecule has 0 radical (unpaired) electrons. The summed E-state index contributed by atoms with van der Waals surface area (Å²) in [6.45, 7) is 2.89. The summed E-state index contributed by atoms with van der Waals surface area (Å²) in [5, 5.41) is 12.6. The quantitative estimate of drug-likeness (QED) is 0.721. The molecule has 6 nitrogen and oxygen atoms in total. The minimum atomic E-state index is -0.0225. The maximum absolute atomic E-state index is 13.4. The van der Waals surface area contributed by atoms with Gasteiger partial charge in [0.15, 0.2) is 0 Å². The summed E-state index contributed by atoms with van der Waals surface area (Å²) in [5.41, 5.74) is 2.19. The van der Waals surface area contributed by atoms with E-state index in [1.165, 1.54) is 17.8 Å². The van der Waals surface area contributed by atoms with E-state index in [2.05, 4.69) is 16.3 Å². The average molecular weight is 394 g/mol. The number of aromatic nitrogens is 2. The van der Waals surface area contributed by atoms with Crippen LogP contribution in [-0.2, 0) is 13.1 Å². The number of thiophene rings is 1. The predicted molar refractivity (Wildman–Crippen MR) is 113 cm³/mol. The van der Waals surface area contributed by atoms with Crippen LogP contribution in [0.25, 0.3) is 10.2 Å². The Kier molecular flexibility index (Phi) is 5.42. The van der Waals surface area contributed by atoms with Gasteiger partial charge in [-0.15, -0.1) is 11.3 Å². The summed E-state index contributed by atoms with van der Waals surface area (Å²) < 4.78 is 2.43. The van der Waals surface area contributed by atoms with Gasteiger partial charge in [0.1, 0.15) is 4.70 Å². The number of nitrogens with one attached hydrogen (secondary N) is 1. The van der Waals surface area contributed by atoms with E-state index in [1.54, 1.807) is 10.6 Å². The molecule has 0 atom stereocenters. The van der Waals surface area contributed by atoms with Gasteiger partial charge in [-0.3, -0.25) is 9.36 Å². The number of hydrogen-bond donors (Lipinski definition) is 1. The first-order chi connectivity index (χ1) is 13.7. The van der Waals surface area contributed by atoms with Crippen LogP contribution in [0.1, 0.15) is 35.3 Å². The van der Waals surface area contributed by atoms with E-state index in [0.717, 1.165) is 54.4 Å². The molecular formula is C21H23N5OS. The smallest absolute Gasteiger partial charge is 0.273 e. The van der Waals surface area contributed by atoms with Gasteiger partial charge in [-0.25, -0.2) is 4.98 Å². The van der Waals surface area contributed by atoms with Gasteiger partial charge in [0.25, 0.3) is 5.56 Å². The topological polar surface area (TPSA) is 74.0 Å². The van der Waals surface area contributed by atoms with Crippen molar-refractivity contribution >= 4 is 27.5 Å². The standard InChI is InChI=1S/C21H23N5OS/c1-23-13-17-11-18-19(28-17)20(27)26(14-16-8-4-3-7-15(16)12-22)21(24-18)25-9-5-2-6-10-25/h3-4,7-8,11,23H,2,5-6,9-10,13-14H2,1H3. The molecule has 1 saturated heterocycles. The Bertz CT molecular complexity index is 1090. The Morgan fingerprint density at radius 3 is 2.79 bits per heavy atom. The van der Waals surface area contributed by atoms with E-state index in [9.17, 15) is 10.1 Å². The molecule has 2 aromatic heterocycles. The van der Waals surface area contributed by atoms with Gasteiger partial charge in [-0.2, -0.15) is 5.26 Å². The lowest BCUT2D eigenvalue weighted by atomic mass is 10.1. The van der Waals surface area contributed by atoms with Crippen molar-refractivity contribution in [1.29, 1.82) is 5.26 Å². The zero-order valence-electron chi connectivity index (χ0n) is 15.9. The molecule has 144 valence electrons. The maximum atomic E-state index is 13.4. The third-order valence-electron chi connectivity index (χ3n) is 5.12. The van der Waals surface area contributed by atoms with Crippen LogP contribution in [0.3, 0.4) is 0 Å². The molecule has 1 fully saturated rings. The van der Waals surface area contributed by atoms with Gasteiger partial charge in [-0.1, -0.05) is 18.2 Å². The third-order valence-corrected chi connectivity index (χ3v) is 6.23. The second-order valence-electron chi connectivity index (χ2n) is 7.08. The normalized spacial score (nSPS) is 14.4. The van der Waals surface area contributed by atoms with Crippen LogP contribution < -0.4 is 15.8 Å². The summed E-state index contributed by atoms with van der Waals surface area (Å²) >= 11 is 1.50. The van der Waals surface area contributed by atoms with Crippen molar-refractivity contribution in [1.82, 2.24) is 14.9 Å². The fraction of sp³-hybridized carbons (Fsp3) is 0.381. The molecule has 0 amide bonds. The van der Waals surface area contributed by atoms with E-state index >= 15 is 0 Å². The lowest BCUT2D eigenvalue weighted by Crippen LogP contribution is -2.36. The van der Waals surface area contributed by atoms with Crippen LogP contribution in [0.15, 0.2) is 35.1 Å². The van der Waals surface area contributed by atoms with E-state index in [4.69, 9.17) is 4.98 Å². The van der Waals surface area contributed by atoms with Crippen molar-refractivity contribution < 1.29 is 0 Å². The number of benzene rings is 1. The highest BCUT2D eigenvalue weighted by atomic mass is 32.1. The van der Waals surface area contributed by atoms with Crippen LogP contribution in [0, 0.1) is 11.3 Å². The van der Waals surface area contributed by atoms with Crippen molar-refractivity contribution in [2.45, 2.75) is 32.4 Å². The Morgan fingerprint density at radius 2 is 2.04 bits per heavy atom. The van der Waals surface area contributed by atoms with Crippen molar-refractivity contribution in [2.75, 3.05) is 25.0 Å². The number of nitriles is 1. The van der Waals surface area contributed by atoms with Gasteiger partial charge >= 0.3 is 0 Å². The Hall–Kier alpha value is -2.69. The van der Waals surface area contributed by atoms with E-state index in [-0.39, 0.29) is 5.56 Å². The molecule has 1 aliphatic rings. The lowest BCUT2D eigenvalue weighted by molar-refractivity contribution is 0.553. The van der Waals surface area contributed by atoms with Crippen LogP contribution in [0.5, 0.6) is 0 Å². The molecule has 28 heavy (non-hydrogen) atoms. The molecule has 0 unspecified atom stereocenters. The van der Waals surface area contributed by atoms with Crippen LogP contribution in [0.2, 0.25) is 0 Å². The van der Waals surface area contributed by atoms with Crippen molar-refractivity contribution in [2.24, 2.45) is 0 Å². The molecule has 0 aliphatic carbocycles. The first kappa shape index (κ1) is 18.7. The van der Waals surface area contributed by atoms with Crippen LogP contribution >= 0.6 is 11.3 Å². The highest BCUT2D eigenvalue weighted by Gasteiger charge is 2.21. The molecule has 3 aromatic rings. The average Bonchev–Trinajstić information content (AvgIpc) is 3.14. The SMILES string of the molecule is CNCc1cc2nc(N3CCCCC3)n(Cc3ccccc3C#N)c(=O)c2s1. The largest absolute Gasteiger partial charge is 0.342 e. The fourth-order valence-electron chi connectivity index (χ4n) is 3.73. The minimum Gasteiger partial charge on any atom is -0.342 e. The van der Waals surface area contributed by atoms with Crippen LogP contribution in [0.4, 0.5) is 5.95 Å². The molecule has 1 aliphatic heterocycles. The molecule has 1 N–H and O–H groups in total. The highest BCUT2D eigenvalue weighted by Crippen LogP contribution is 2.26. The molecule has 0 spiro atoms. The zero-order chi connectivity index (χ0) is 19.5. The van der Waals surface area contributed by atoms with Gasteiger partial charge in [-0.05, 0) is 44.0 Å². The summed E-state index contributed by atoms with van der Waals surface area (Å²) in [6, 6.07) is 11.7. The minimum absolute atomic E-state index is 0.0225. The molecule has 3 heterocycles.